The van der Waals surface area contributed by atoms with E-state index in [9.17, 15) is 9.59 Å². The number of fused-ring (bicyclic) bond motifs is 1. The Morgan fingerprint density at radius 3 is 2.00 bits per heavy atom. The first-order chi connectivity index (χ1) is 17.7. The van der Waals surface area contributed by atoms with Crippen LogP contribution in [0.15, 0.2) is 120 Å². The van der Waals surface area contributed by atoms with E-state index < -0.39 is 0 Å². The lowest BCUT2D eigenvalue weighted by Crippen LogP contribution is -2.26. The lowest BCUT2D eigenvalue weighted by Gasteiger charge is -2.30. The molecule has 36 heavy (non-hydrogen) atoms. The van der Waals surface area contributed by atoms with Crippen molar-refractivity contribution in [3.8, 4) is 0 Å². The second kappa shape index (κ2) is 9.31. The normalized spacial score (nSPS) is 18.8. The highest BCUT2D eigenvalue weighted by atomic mass is 16.1. The number of benzene rings is 4. The third-order valence-electron chi connectivity index (χ3n) is 7.10. The highest BCUT2D eigenvalue weighted by molar-refractivity contribution is 6.10. The Kier molecular flexibility index (Phi) is 5.70. The molecule has 2 atom stereocenters. The fraction of sp³-hybridized carbons (Fsp3) is 0.125. The molecule has 0 radical (unpaired) electrons. The van der Waals surface area contributed by atoms with E-state index in [0.29, 0.717) is 17.5 Å². The van der Waals surface area contributed by atoms with E-state index in [4.69, 9.17) is 0 Å². The molecule has 0 spiro atoms. The van der Waals surface area contributed by atoms with Crippen molar-refractivity contribution in [3.05, 3.63) is 143 Å². The van der Waals surface area contributed by atoms with Crippen LogP contribution in [0, 0.1) is 0 Å². The average Bonchev–Trinajstić information content (AvgIpc) is 3.10. The van der Waals surface area contributed by atoms with Gasteiger partial charge in [0.1, 0.15) is 0 Å². The van der Waals surface area contributed by atoms with Crippen molar-refractivity contribution in [2.24, 2.45) is 0 Å². The summed E-state index contributed by atoms with van der Waals surface area (Å²) in [5.41, 5.74) is 6.84. The maximum Gasteiger partial charge on any atom is 0.193 e. The first kappa shape index (κ1) is 22.1. The van der Waals surface area contributed by atoms with Crippen LogP contribution in [-0.2, 0) is 4.79 Å². The van der Waals surface area contributed by atoms with Crippen molar-refractivity contribution in [1.82, 2.24) is 0 Å². The van der Waals surface area contributed by atoms with E-state index in [2.05, 4.69) is 34.9 Å². The van der Waals surface area contributed by atoms with E-state index in [-0.39, 0.29) is 23.5 Å². The Morgan fingerprint density at radius 1 is 0.667 bits per heavy atom. The van der Waals surface area contributed by atoms with Gasteiger partial charge in [-0.05, 0) is 41.7 Å². The van der Waals surface area contributed by atoms with Gasteiger partial charge in [-0.25, -0.2) is 0 Å². The highest BCUT2D eigenvalue weighted by Crippen LogP contribution is 2.44. The number of rotatable bonds is 4. The molecule has 0 saturated heterocycles. The van der Waals surface area contributed by atoms with Gasteiger partial charge in [-0.15, -0.1) is 0 Å². The number of allylic oxidation sites excluding steroid dienone is 1. The molecule has 0 amide bonds. The summed E-state index contributed by atoms with van der Waals surface area (Å²) in [6.45, 7) is 0. The second-order valence-electron chi connectivity index (χ2n) is 9.40. The van der Waals surface area contributed by atoms with Gasteiger partial charge in [0.25, 0.3) is 0 Å². The minimum Gasteiger partial charge on any atom is -0.372 e. The van der Waals surface area contributed by atoms with E-state index in [1.165, 1.54) is 5.56 Å². The summed E-state index contributed by atoms with van der Waals surface area (Å²) in [4.78, 5) is 26.8. The van der Waals surface area contributed by atoms with Crippen molar-refractivity contribution in [3.63, 3.8) is 0 Å². The molecular weight excluding hydrogens is 444 g/mol. The minimum absolute atomic E-state index is 0.0276. The van der Waals surface area contributed by atoms with Gasteiger partial charge in [0.2, 0.25) is 0 Å². The molecule has 4 nitrogen and oxygen atoms in total. The largest absolute Gasteiger partial charge is 0.372 e. The number of ketones is 2. The molecule has 176 valence electrons. The molecule has 0 aromatic heterocycles. The van der Waals surface area contributed by atoms with Crippen LogP contribution >= 0.6 is 0 Å². The molecule has 0 bridgehead atoms. The van der Waals surface area contributed by atoms with Crippen LogP contribution in [0.25, 0.3) is 0 Å². The Labute approximate surface area is 210 Å². The third-order valence-corrected chi connectivity index (χ3v) is 7.10. The number of hydrogen-bond donors (Lipinski definition) is 2. The quantitative estimate of drug-likeness (QED) is 0.319. The maximum atomic E-state index is 13.7. The SMILES string of the molecule is O=C1C[C@H](c2ccccc2)CC2=C1[C@@H](c1ccccc1)Nc1ccc(C(=O)c3ccccc3)cc1N2. The molecule has 0 fully saturated rings. The lowest BCUT2D eigenvalue weighted by atomic mass is 9.78. The molecule has 6 rings (SSSR count). The highest BCUT2D eigenvalue weighted by Gasteiger charge is 2.36. The number of anilines is 2. The summed E-state index contributed by atoms with van der Waals surface area (Å²) >= 11 is 0. The monoisotopic (exact) mass is 470 g/mol. The van der Waals surface area contributed by atoms with E-state index in [0.717, 1.165) is 34.6 Å². The molecule has 0 saturated carbocycles. The molecule has 2 N–H and O–H groups in total. The van der Waals surface area contributed by atoms with Crippen LogP contribution < -0.4 is 10.6 Å². The molecule has 4 heteroatoms. The fourth-order valence-electron chi connectivity index (χ4n) is 5.30. The first-order valence-corrected chi connectivity index (χ1v) is 12.3. The number of nitrogens with one attached hydrogen (secondary N) is 2. The number of carbonyl (C=O) groups excluding carboxylic acids is 2. The van der Waals surface area contributed by atoms with Gasteiger partial charge in [0.05, 0.1) is 17.4 Å². The van der Waals surface area contributed by atoms with Gasteiger partial charge < -0.3 is 10.6 Å². The second-order valence-corrected chi connectivity index (χ2v) is 9.40. The van der Waals surface area contributed by atoms with Crippen molar-refractivity contribution >= 4 is 22.9 Å². The van der Waals surface area contributed by atoms with E-state index in [1.54, 1.807) is 0 Å². The van der Waals surface area contributed by atoms with Crippen LogP contribution in [0.4, 0.5) is 11.4 Å². The predicted molar refractivity (Wildman–Crippen MR) is 143 cm³/mol. The van der Waals surface area contributed by atoms with Gasteiger partial charge in [0, 0.05) is 28.8 Å². The smallest absolute Gasteiger partial charge is 0.193 e. The fourth-order valence-corrected chi connectivity index (χ4v) is 5.30. The Bertz CT molecular complexity index is 1460. The zero-order chi connectivity index (χ0) is 24.5. The van der Waals surface area contributed by atoms with Crippen LogP contribution in [0.1, 0.15) is 51.8 Å². The average molecular weight is 471 g/mol. The molecule has 4 aromatic rings. The summed E-state index contributed by atoms with van der Waals surface area (Å²) < 4.78 is 0. The molecule has 1 aliphatic heterocycles. The summed E-state index contributed by atoms with van der Waals surface area (Å²) in [6, 6.07) is 35.0. The molecule has 4 aromatic carbocycles. The molecule has 2 aliphatic rings. The number of carbonyl (C=O) groups is 2. The molecule has 0 unspecified atom stereocenters. The molecule has 1 heterocycles. The predicted octanol–water partition coefficient (Wildman–Crippen LogP) is 6.90. The third kappa shape index (κ3) is 4.11. The summed E-state index contributed by atoms with van der Waals surface area (Å²) in [5.74, 6) is 0.226. The van der Waals surface area contributed by atoms with E-state index >= 15 is 0 Å². The van der Waals surface area contributed by atoms with Crippen LogP contribution in [0.5, 0.6) is 0 Å². The van der Waals surface area contributed by atoms with Crippen molar-refractivity contribution in [2.45, 2.75) is 24.8 Å². The van der Waals surface area contributed by atoms with Gasteiger partial charge in [0.15, 0.2) is 11.6 Å². The molecule has 1 aliphatic carbocycles. The zero-order valence-electron chi connectivity index (χ0n) is 19.8. The van der Waals surface area contributed by atoms with Crippen molar-refractivity contribution < 1.29 is 9.59 Å². The zero-order valence-corrected chi connectivity index (χ0v) is 19.8. The Hall–Kier alpha value is -4.44. The van der Waals surface area contributed by atoms with E-state index in [1.807, 2.05) is 84.9 Å². The van der Waals surface area contributed by atoms with Gasteiger partial charge in [-0.2, -0.15) is 0 Å². The standard InChI is InChI=1S/C32H26N2O2/c35-29-20-25(21-10-4-1-5-11-21)19-28-30(29)31(22-12-6-2-7-13-22)34-26-17-16-24(18-27(26)33-28)32(36)23-14-8-3-9-15-23/h1-18,25,31,33-34H,19-20H2/t25-,31-/m1/s1. The van der Waals surface area contributed by atoms with Crippen LogP contribution in [0.3, 0.4) is 0 Å². The Balaban J connectivity index is 1.43. The van der Waals surface area contributed by atoms with Gasteiger partial charge >= 0.3 is 0 Å². The number of Topliss-reactive ketones (excluding diaryl/α,β-unsaturated/α-hetero) is 1. The Morgan fingerprint density at radius 2 is 1.31 bits per heavy atom. The summed E-state index contributed by atoms with van der Waals surface area (Å²) in [5, 5.41) is 7.20. The molecular formula is C32H26N2O2. The van der Waals surface area contributed by atoms with Gasteiger partial charge in [-0.3, -0.25) is 9.59 Å². The lowest BCUT2D eigenvalue weighted by molar-refractivity contribution is -0.116. The summed E-state index contributed by atoms with van der Waals surface area (Å²) in [7, 11) is 0. The van der Waals surface area contributed by atoms with Crippen molar-refractivity contribution in [1.29, 1.82) is 0 Å². The topological polar surface area (TPSA) is 58.2 Å². The van der Waals surface area contributed by atoms with Crippen molar-refractivity contribution in [2.75, 3.05) is 10.6 Å². The number of hydrogen-bond acceptors (Lipinski definition) is 4. The summed E-state index contributed by atoms with van der Waals surface area (Å²) in [6.07, 6.45) is 1.20. The minimum atomic E-state index is -0.269. The van der Waals surface area contributed by atoms with Crippen LogP contribution in [0.2, 0.25) is 0 Å². The maximum absolute atomic E-state index is 13.7. The van der Waals surface area contributed by atoms with Gasteiger partial charge in [-0.1, -0.05) is 91.0 Å². The first-order valence-electron chi connectivity index (χ1n) is 12.3. The van der Waals surface area contributed by atoms with Crippen LogP contribution in [-0.4, -0.2) is 11.6 Å².